The number of nitrogens with zero attached hydrogens (tertiary/aromatic N) is 1. The fourth-order valence-electron chi connectivity index (χ4n) is 2.32. The molecule has 2 N–H and O–H groups in total. The maximum absolute atomic E-state index is 11.9. The van der Waals surface area contributed by atoms with Crippen molar-refractivity contribution < 1.29 is 14.7 Å². The van der Waals surface area contributed by atoms with Crippen molar-refractivity contribution in [2.24, 2.45) is 5.92 Å². The number of rotatable bonds is 6. The fourth-order valence-corrected chi connectivity index (χ4v) is 2.32. The lowest BCUT2D eigenvalue weighted by molar-refractivity contribution is -0.152. The van der Waals surface area contributed by atoms with Gasteiger partial charge in [0, 0.05) is 13.1 Å². The van der Waals surface area contributed by atoms with Gasteiger partial charge >= 0.3 is 5.97 Å². The molecule has 0 bridgehead atoms. The zero-order valence-electron chi connectivity index (χ0n) is 10.9. The Kier molecular flexibility index (Phi) is 5.85. The molecule has 1 amide bonds. The lowest BCUT2D eigenvalue weighted by Crippen LogP contribution is -2.52. The van der Waals surface area contributed by atoms with E-state index < -0.39 is 12.0 Å². The summed E-state index contributed by atoms with van der Waals surface area (Å²) in [7, 11) is 0. The molecule has 102 valence electrons. The van der Waals surface area contributed by atoms with Gasteiger partial charge < -0.3 is 15.3 Å². The maximum Gasteiger partial charge on any atom is 0.326 e. The molecule has 0 saturated carbocycles. The summed E-state index contributed by atoms with van der Waals surface area (Å²) in [5, 5.41) is 12.1. The molecule has 1 saturated heterocycles. The van der Waals surface area contributed by atoms with Crippen LogP contribution in [0.2, 0.25) is 0 Å². The largest absolute Gasteiger partial charge is 0.480 e. The van der Waals surface area contributed by atoms with Crippen LogP contribution in [0.4, 0.5) is 0 Å². The van der Waals surface area contributed by atoms with Crippen LogP contribution in [0.1, 0.15) is 26.2 Å². The highest BCUT2D eigenvalue weighted by atomic mass is 16.4. The third kappa shape index (κ3) is 3.84. The number of carbonyl (C=O) groups is 2. The van der Waals surface area contributed by atoms with Crippen molar-refractivity contribution in [1.29, 1.82) is 0 Å². The number of hydrogen-bond acceptors (Lipinski definition) is 3. The molecule has 18 heavy (non-hydrogen) atoms. The van der Waals surface area contributed by atoms with Gasteiger partial charge in [-0.2, -0.15) is 0 Å². The Morgan fingerprint density at radius 2 is 2.28 bits per heavy atom. The highest BCUT2D eigenvalue weighted by molar-refractivity contribution is 5.85. The standard InChI is InChI=1S/C13H22N2O3/c1-3-6-14-9-12(16)15-7-5-10(4-2)8-11(15)13(17)18/h3,10-11,14H,1,4-9H2,2H3,(H,17,18). The Hall–Kier alpha value is -1.36. The number of carboxylic acid groups (broad SMARTS) is 1. The lowest BCUT2D eigenvalue weighted by atomic mass is 9.89. The minimum absolute atomic E-state index is 0.140. The van der Waals surface area contributed by atoms with Gasteiger partial charge in [-0.1, -0.05) is 19.4 Å². The van der Waals surface area contributed by atoms with Gasteiger partial charge in [-0.3, -0.25) is 4.79 Å². The minimum atomic E-state index is -0.898. The Labute approximate surface area is 108 Å². The predicted molar refractivity (Wildman–Crippen MR) is 69.2 cm³/mol. The van der Waals surface area contributed by atoms with Crippen LogP contribution in [0.15, 0.2) is 12.7 Å². The first kappa shape index (κ1) is 14.7. The number of aliphatic carboxylic acids is 1. The van der Waals surface area contributed by atoms with E-state index in [0.29, 0.717) is 25.4 Å². The number of nitrogens with one attached hydrogen (secondary N) is 1. The second kappa shape index (κ2) is 7.16. The second-order valence-electron chi connectivity index (χ2n) is 4.66. The normalized spacial score (nSPS) is 23.7. The Bertz CT molecular complexity index is 317. The molecule has 0 aromatic carbocycles. The van der Waals surface area contributed by atoms with Gasteiger partial charge in [0.05, 0.1) is 6.54 Å². The molecule has 5 nitrogen and oxygen atoms in total. The number of piperidine rings is 1. The average molecular weight is 254 g/mol. The van der Waals surface area contributed by atoms with Crippen molar-refractivity contribution in [1.82, 2.24) is 10.2 Å². The molecule has 0 aliphatic carbocycles. The van der Waals surface area contributed by atoms with E-state index in [9.17, 15) is 14.7 Å². The SMILES string of the molecule is C=CCNCC(=O)N1CCC(CC)CC1C(=O)O. The summed E-state index contributed by atoms with van der Waals surface area (Å²) in [5.41, 5.74) is 0. The average Bonchev–Trinajstić information content (AvgIpc) is 2.38. The van der Waals surface area contributed by atoms with E-state index in [1.807, 2.05) is 0 Å². The van der Waals surface area contributed by atoms with Crippen LogP contribution in [0.3, 0.4) is 0 Å². The Balaban J connectivity index is 2.59. The van der Waals surface area contributed by atoms with Gasteiger partial charge in [0.15, 0.2) is 0 Å². The van der Waals surface area contributed by atoms with E-state index in [0.717, 1.165) is 12.8 Å². The third-order valence-electron chi connectivity index (χ3n) is 3.46. The number of likely N-dealkylation sites (tertiary alicyclic amines) is 1. The zero-order valence-corrected chi connectivity index (χ0v) is 10.9. The van der Waals surface area contributed by atoms with Crippen molar-refractivity contribution in [3.63, 3.8) is 0 Å². The van der Waals surface area contributed by atoms with Gasteiger partial charge in [-0.05, 0) is 18.8 Å². The molecular formula is C13H22N2O3. The van der Waals surface area contributed by atoms with Crippen molar-refractivity contribution in [2.45, 2.75) is 32.2 Å². The predicted octanol–water partition coefficient (Wildman–Crippen LogP) is 0.864. The van der Waals surface area contributed by atoms with Crippen LogP contribution >= 0.6 is 0 Å². The van der Waals surface area contributed by atoms with Gasteiger partial charge in [0.2, 0.25) is 5.91 Å². The van der Waals surface area contributed by atoms with E-state index in [-0.39, 0.29) is 12.5 Å². The molecule has 1 fully saturated rings. The molecule has 0 aromatic rings. The maximum atomic E-state index is 11.9. The summed E-state index contributed by atoms with van der Waals surface area (Å²) in [6.07, 6.45) is 4.11. The third-order valence-corrected chi connectivity index (χ3v) is 3.46. The molecule has 1 rings (SSSR count). The first-order chi connectivity index (χ1) is 8.60. The van der Waals surface area contributed by atoms with Crippen LogP contribution < -0.4 is 5.32 Å². The van der Waals surface area contributed by atoms with E-state index in [1.165, 1.54) is 4.90 Å². The topological polar surface area (TPSA) is 69.6 Å². The monoisotopic (exact) mass is 254 g/mol. The highest BCUT2D eigenvalue weighted by Crippen LogP contribution is 2.25. The summed E-state index contributed by atoms with van der Waals surface area (Å²) in [4.78, 5) is 24.7. The van der Waals surface area contributed by atoms with Gasteiger partial charge in [-0.25, -0.2) is 4.79 Å². The van der Waals surface area contributed by atoms with E-state index in [4.69, 9.17) is 0 Å². The minimum Gasteiger partial charge on any atom is -0.480 e. The van der Waals surface area contributed by atoms with E-state index in [1.54, 1.807) is 6.08 Å². The van der Waals surface area contributed by atoms with E-state index >= 15 is 0 Å². The summed E-state index contributed by atoms with van der Waals surface area (Å²) >= 11 is 0. The first-order valence-electron chi connectivity index (χ1n) is 6.44. The first-order valence-corrected chi connectivity index (χ1v) is 6.44. The molecule has 1 heterocycles. The van der Waals surface area contributed by atoms with Crippen molar-refractivity contribution in [2.75, 3.05) is 19.6 Å². The van der Waals surface area contributed by atoms with Crippen LogP contribution in [-0.2, 0) is 9.59 Å². The zero-order chi connectivity index (χ0) is 13.5. The Morgan fingerprint density at radius 1 is 1.56 bits per heavy atom. The van der Waals surface area contributed by atoms with Crippen LogP contribution in [0, 0.1) is 5.92 Å². The van der Waals surface area contributed by atoms with Crippen LogP contribution in [-0.4, -0.2) is 47.6 Å². The summed E-state index contributed by atoms with van der Waals surface area (Å²) in [5.74, 6) is -0.625. The Morgan fingerprint density at radius 3 is 2.83 bits per heavy atom. The molecular weight excluding hydrogens is 232 g/mol. The molecule has 5 heteroatoms. The molecule has 0 aromatic heterocycles. The van der Waals surface area contributed by atoms with E-state index in [2.05, 4.69) is 18.8 Å². The van der Waals surface area contributed by atoms with Gasteiger partial charge in [-0.15, -0.1) is 6.58 Å². The van der Waals surface area contributed by atoms with Crippen LogP contribution in [0.25, 0.3) is 0 Å². The van der Waals surface area contributed by atoms with Crippen molar-refractivity contribution in [3.05, 3.63) is 12.7 Å². The number of amides is 1. The number of hydrogen-bond donors (Lipinski definition) is 2. The number of carbonyl (C=O) groups excluding carboxylic acids is 1. The second-order valence-corrected chi connectivity index (χ2v) is 4.66. The van der Waals surface area contributed by atoms with Crippen LogP contribution in [0.5, 0.6) is 0 Å². The smallest absolute Gasteiger partial charge is 0.326 e. The number of carboxylic acids is 1. The van der Waals surface area contributed by atoms with Gasteiger partial charge in [0.1, 0.15) is 6.04 Å². The summed E-state index contributed by atoms with van der Waals surface area (Å²) in [6.45, 7) is 6.88. The molecule has 2 unspecified atom stereocenters. The molecule has 1 aliphatic rings. The molecule has 0 spiro atoms. The van der Waals surface area contributed by atoms with Crippen molar-refractivity contribution in [3.8, 4) is 0 Å². The lowest BCUT2D eigenvalue weighted by Gasteiger charge is -2.37. The van der Waals surface area contributed by atoms with Crippen molar-refractivity contribution >= 4 is 11.9 Å². The molecule has 0 radical (unpaired) electrons. The quantitative estimate of drug-likeness (QED) is 0.545. The summed E-state index contributed by atoms with van der Waals surface area (Å²) in [6, 6.07) is -0.665. The summed E-state index contributed by atoms with van der Waals surface area (Å²) < 4.78 is 0. The highest BCUT2D eigenvalue weighted by Gasteiger charge is 2.35. The molecule has 1 aliphatic heterocycles. The van der Waals surface area contributed by atoms with Gasteiger partial charge in [0.25, 0.3) is 0 Å². The fraction of sp³-hybridized carbons (Fsp3) is 0.692. The molecule has 2 atom stereocenters.